The molecule has 190 valence electrons. The van der Waals surface area contributed by atoms with Crippen molar-refractivity contribution in [3.05, 3.63) is 78.4 Å². The van der Waals surface area contributed by atoms with Crippen LogP contribution < -0.4 is 24.8 Å². The van der Waals surface area contributed by atoms with E-state index in [1.165, 1.54) is 12.1 Å². The highest BCUT2D eigenvalue weighted by Gasteiger charge is 2.16. The smallest absolute Gasteiger partial charge is 0.261 e. The van der Waals surface area contributed by atoms with Gasteiger partial charge in [-0.25, -0.2) is 8.42 Å². The number of nitrogens with one attached hydrogen (secondary N) is 3. The molecule has 0 saturated carbocycles. The van der Waals surface area contributed by atoms with Crippen LogP contribution in [0.25, 0.3) is 0 Å². The third-order valence-corrected chi connectivity index (χ3v) is 6.37. The average Bonchev–Trinajstić information content (AvgIpc) is 2.84. The summed E-state index contributed by atoms with van der Waals surface area (Å²) in [6.45, 7) is 6.93. The van der Waals surface area contributed by atoms with E-state index in [0.29, 0.717) is 47.6 Å². The Morgan fingerprint density at radius 1 is 0.917 bits per heavy atom. The van der Waals surface area contributed by atoms with Gasteiger partial charge in [0.1, 0.15) is 11.5 Å². The molecule has 0 aliphatic rings. The third-order valence-electron chi connectivity index (χ3n) is 4.77. The van der Waals surface area contributed by atoms with E-state index in [4.69, 9.17) is 21.7 Å². The summed E-state index contributed by atoms with van der Waals surface area (Å²) in [5, 5.41) is 5.58. The molecule has 0 atom stereocenters. The molecule has 0 spiro atoms. The van der Waals surface area contributed by atoms with Crippen molar-refractivity contribution < 1.29 is 22.7 Å². The lowest BCUT2D eigenvalue weighted by Gasteiger charge is -2.14. The van der Waals surface area contributed by atoms with E-state index in [9.17, 15) is 13.2 Å². The molecule has 0 saturated heterocycles. The fourth-order valence-corrected chi connectivity index (χ4v) is 4.36. The molecule has 0 aromatic heterocycles. The van der Waals surface area contributed by atoms with E-state index in [-0.39, 0.29) is 10.0 Å². The number of ether oxygens (including phenoxy) is 2. The van der Waals surface area contributed by atoms with Gasteiger partial charge in [0, 0.05) is 11.4 Å². The van der Waals surface area contributed by atoms with Crippen LogP contribution in [-0.2, 0) is 10.0 Å². The summed E-state index contributed by atoms with van der Waals surface area (Å²) in [6, 6.07) is 19.6. The number of thiocarbonyl (C=S) groups is 1. The lowest BCUT2D eigenvalue weighted by molar-refractivity contribution is 0.0973. The Labute approximate surface area is 217 Å². The number of amides is 1. The molecule has 3 aromatic rings. The molecular weight excluding hydrogens is 498 g/mol. The minimum atomic E-state index is -3.79. The largest absolute Gasteiger partial charge is 0.494 e. The zero-order valence-electron chi connectivity index (χ0n) is 20.3. The van der Waals surface area contributed by atoms with Gasteiger partial charge in [0.05, 0.1) is 23.7 Å². The summed E-state index contributed by atoms with van der Waals surface area (Å²) in [6.07, 6.45) is 0. The van der Waals surface area contributed by atoms with Gasteiger partial charge in [-0.2, -0.15) is 0 Å². The summed E-state index contributed by atoms with van der Waals surface area (Å²) < 4.78 is 39.1. The van der Waals surface area contributed by atoms with Crippen molar-refractivity contribution in [2.24, 2.45) is 5.92 Å². The van der Waals surface area contributed by atoms with Crippen LogP contribution in [0, 0.1) is 5.92 Å². The molecule has 0 fully saturated rings. The van der Waals surface area contributed by atoms with Crippen LogP contribution in [0.3, 0.4) is 0 Å². The highest BCUT2D eigenvalue weighted by atomic mass is 32.2. The molecule has 36 heavy (non-hydrogen) atoms. The van der Waals surface area contributed by atoms with Crippen LogP contribution in [0.1, 0.15) is 31.1 Å². The van der Waals surface area contributed by atoms with Crippen molar-refractivity contribution in [1.29, 1.82) is 0 Å². The maximum absolute atomic E-state index is 12.7. The van der Waals surface area contributed by atoms with Gasteiger partial charge in [0.15, 0.2) is 5.11 Å². The number of sulfonamides is 1. The Kier molecular flexibility index (Phi) is 9.26. The first-order valence-electron chi connectivity index (χ1n) is 11.4. The third kappa shape index (κ3) is 7.69. The fourth-order valence-electron chi connectivity index (χ4n) is 3.09. The summed E-state index contributed by atoms with van der Waals surface area (Å²) >= 11 is 5.26. The van der Waals surface area contributed by atoms with Crippen molar-refractivity contribution in [2.75, 3.05) is 23.3 Å². The van der Waals surface area contributed by atoms with E-state index in [2.05, 4.69) is 15.4 Å². The second kappa shape index (κ2) is 12.4. The van der Waals surface area contributed by atoms with E-state index >= 15 is 0 Å². The Morgan fingerprint density at radius 3 is 2.19 bits per heavy atom. The summed E-state index contributed by atoms with van der Waals surface area (Å²) in [4.78, 5) is 12.8. The van der Waals surface area contributed by atoms with Gasteiger partial charge in [-0.15, -0.1) is 0 Å². The number of rotatable bonds is 10. The quantitative estimate of drug-likeness (QED) is 0.317. The molecule has 1 amide bonds. The molecule has 0 bridgehead atoms. The van der Waals surface area contributed by atoms with Crippen LogP contribution in [0.4, 0.5) is 11.4 Å². The Hall–Kier alpha value is -3.63. The zero-order valence-corrected chi connectivity index (χ0v) is 21.9. The number of hydrogen-bond acceptors (Lipinski definition) is 6. The highest BCUT2D eigenvalue weighted by Crippen LogP contribution is 2.21. The molecule has 3 rings (SSSR count). The molecule has 0 radical (unpaired) electrons. The van der Waals surface area contributed by atoms with Crippen LogP contribution >= 0.6 is 12.2 Å². The maximum Gasteiger partial charge on any atom is 0.261 e. The molecule has 8 nitrogen and oxygen atoms in total. The number of para-hydroxylation sites is 1. The second-order valence-corrected chi connectivity index (χ2v) is 10.3. The van der Waals surface area contributed by atoms with Gasteiger partial charge >= 0.3 is 0 Å². The minimum absolute atomic E-state index is 0.0711. The summed E-state index contributed by atoms with van der Waals surface area (Å²) in [5.41, 5.74) is 1.30. The van der Waals surface area contributed by atoms with Crippen molar-refractivity contribution in [1.82, 2.24) is 5.32 Å². The van der Waals surface area contributed by atoms with Crippen molar-refractivity contribution in [3.8, 4) is 11.5 Å². The summed E-state index contributed by atoms with van der Waals surface area (Å²) in [5.74, 6) is 1.03. The van der Waals surface area contributed by atoms with Gasteiger partial charge in [0.25, 0.3) is 15.9 Å². The van der Waals surface area contributed by atoms with Gasteiger partial charge in [0.2, 0.25) is 0 Å². The predicted molar refractivity (Wildman–Crippen MR) is 145 cm³/mol. The number of carbonyl (C=O) groups excluding carboxylic acids is 1. The van der Waals surface area contributed by atoms with E-state index < -0.39 is 15.9 Å². The van der Waals surface area contributed by atoms with Crippen molar-refractivity contribution in [3.63, 3.8) is 0 Å². The molecule has 3 N–H and O–H groups in total. The lowest BCUT2D eigenvalue weighted by atomic mass is 10.2. The van der Waals surface area contributed by atoms with Gasteiger partial charge in [-0.3, -0.25) is 14.8 Å². The normalized spacial score (nSPS) is 11.0. The second-order valence-electron chi connectivity index (χ2n) is 8.20. The molecular formula is C26H29N3O5S2. The van der Waals surface area contributed by atoms with E-state index in [0.717, 1.165) is 0 Å². The predicted octanol–water partition coefficient (Wildman–Crippen LogP) is 5.05. The molecule has 0 aliphatic heterocycles. The van der Waals surface area contributed by atoms with Crippen LogP contribution in [-0.4, -0.2) is 32.7 Å². The Balaban J connectivity index is 1.60. The lowest BCUT2D eigenvalue weighted by Crippen LogP contribution is -2.34. The number of benzene rings is 3. The van der Waals surface area contributed by atoms with E-state index in [1.807, 2.05) is 20.8 Å². The van der Waals surface area contributed by atoms with Gasteiger partial charge in [-0.1, -0.05) is 26.0 Å². The van der Waals surface area contributed by atoms with E-state index in [1.54, 1.807) is 60.7 Å². The monoisotopic (exact) mass is 527 g/mol. The molecule has 10 heteroatoms. The summed E-state index contributed by atoms with van der Waals surface area (Å²) in [7, 11) is -3.79. The SMILES string of the molecule is CCOc1ccc(NS(=O)(=O)c2ccc(NC(=S)NC(=O)c3ccccc3OCC(C)C)cc2)cc1. The van der Waals surface area contributed by atoms with Crippen molar-refractivity contribution in [2.45, 2.75) is 25.7 Å². The van der Waals surface area contributed by atoms with Crippen LogP contribution in [0.2, 0.25) is 0 Å². The Morgan fingerprint density at radius 2 is 1.56 bits per heavy atom. The Bertz CT molecular complexity index is 1290. The topological polar surface area (TPSA) is 106 Å². The van der Waals surface area contributed by atoms with Crippen LogP contribution in [0.15, 0.2) is 77.7 Å². The zero-order chi connectivity index (χ0) is 26.1. The first kappa shape index (κ1) is 27.0. The van der Waals surface area contributed by atoms with Gasteiger partial charge < -0.3 is 14.8 Å². The number of anilines is 2. The molecule has 3 aromatic carbocycles. The highest BCUT2D eigenvalue weighted by molar-refractivity contribution is 7.92. The maximum atomic E-state index is 12.7. The van der Waals surface area contributed by atoms with Gasteiger partial charge in [-0.05, 0) is 85.7 Å². The molecule has 0 unspecified atom stereocenters. The standard InChI is InChI=1S/C26H29N3O5S2/c1-4-33-21-13-9-20(10-14-21)29-36(31,32)22-15-11-19(12-16-22)27-26(35)28-25(30)23-7-5-6-8-24(23)34-17-18(2)3/h5-16,18,29H,4,17H2,1-3H3,(H2,27,28,30,35). The number of hydrogen-bond donors (Lipinski definition) is 3. The van der Waals surface area contributed by atoms with Crippen molar-refractivity contribution >= 4 is 44.6 Å². The average molecular weight is 528 g/mol. The molecule has 0 aliphatic carbocycles. The first-order valence-corrected chi connectivity index (χ1v) is 13.3. The fraction of sp³-hybridized carbons (Fsp3) is 0.231. The minimum Gasteiger partial charge on any atom is -0.494 e. The first-order chi connectivity index (χ1) is 17.2. The number of carbonyl (C=O) groups is 1. The van der Waals surface area contributed by atoms with Crippen LogP contribution in [0.5, 0.6) is 11.5 Å². The molecule has 0 heterocycles.